The molecular weight excluding hydrogens is 299 g/mol. The number of carboxylic acids is 2. The van der Waals surface area contributed by atoms with Crippen LogP contribution in [0, 0.1) is 0 Å². The van der Waals surface area contributed by atoms with Crippen LogP contribution in [-0.4, -0.2) is 34.2 Å². The lowest BCUT2D eigenvalue weighted by molar-refractivity contribution is -0.174. The summed E-state index contributed by atoms with van der Waals surface area (Å²) in [5.41, 5.74) is 0.425. The normalized spacial score (nSPS) is 10.3. The van der Waals surface area contributed by atoms with Crippen molar-refractivity contribution in [3.05, 3.63) is 33.8 Å². The molecule has 0 radical (unpaired) electrons. The molecule has 0 fully saturated rings. The van der Waals surface area contributed by atoms with E-state index >= 15 is 0 Å². The fourth-order valence-electron chi connectivity index (χ4n) is 1.20. The van der Waals surface area contributed by atoms with Gasteiger partial charge in [0.2, 0.25) is 0 Å². The molecule has 0 aromatic heterocycles. The summed E-state index contributed by atoms with van der Waals surface area (Å²) in [6, 6.07) is 4.35. The molecule has 0 heterocycles. The highest BCUT2D eigenvalue weighted by molar-refractivity contribution is 6.42. The molecule has 2 N–H and O–H groups in total. The second-order valence-electron chi connectivity index (χ2n) is 3.47. The van der Waals surface area contributed by atoms with E-state index in [1.54, 1.807) is 0 Å². The Balaban J connectivity index is 2.71. The molecule has 0 bridgehead atoms. The van der Waals surface area contributed by atoms with Crippen molar-refractivity contribution in [3.8, 4) is 0 Å². The van der Waals surface area contributed by atoms with Gasteiger partial charge in [-0.2, -0.15) is 0 Å². The van der Waals surface area contributed by atoms with E-state index in [1.807, 2.05) is 0 Å². The van der Waals surface area contributed by atoms with Gasteiger partial charge in [0.25, 0.3) is 6.10 Å². The standard InChI is InChI=1S/C11H8Cl2O6/c12-6-2-1-5(3-7(6)13)4-8(14)19-9(10(15)16)11(17)18/h1-3,9H,4H2,(H,15,16)(H,17,18). The summed E-state index contributed by atoms with van der Waals surface area (Å²) in [4.78, 5) is 32.5. The Morgan fingerprint density at radius 1 is 1.11 bits per heavy atom. The molecule has 19 heavy (non-hydrogen) atoms. The topological polar surface area (TPSA) is 101 Å². The highest BCUT2D eigenvalue weighted by Crippen LogP contribution is 2.22. The van der Waals surface area contributed by atoms with Crippen LogP contribution in [-0.2, 0) is 25.5 Å². The van der Waals surface area contributed by atoms with E-state index in [2.05, 4.69) is 4.74 Å². The highest BCUT2D eigenvalue weighted by atomic mass is 35.5. The monoisotopic (exact) mass is 306 g/mol. The first-order valence-corrected chi connectivity index (χ1v) is 5.66. The first-order chi connectivity index (χ1) is 8.81. The molecule has 102 valence electrons. The zero-order valence-electron chi connectivity index (χ0n) is 9.30. The molecule has 0 saturated carbocycles. The number of esters is 1. The largest absolute Gasteiger partial charge is 0.478 e. The Hall–Kier alpha value is -1.79. The van der Waals surface area contributed by atoms with Crippen molar-refractivity contribution in [3.63, 3.8) is 0 Å². The molecule has 0 spiro atoms. The Morgan fingerprint density at radius 3 is 2.16 bits per heavy atom. The van der Waals surface area contributed by atoms with Gasteiger partial charge in [0.1, 0.15) is 0 Å². The molecule has 0 unspecified atom stereocenters. The fraction of sp³-hybridized carbons (Fsp3) is 0.182. The van der Waals surface area contributed by atoms with Crippen molar-refractivity contribution in [1.82, 2.24) is 0 Å². The molecule has 1 aromatic rings. The number of hydrogen-bond acceptors (Lipinski definition) is 4. The summed E-state index contributed by atoms with van der Waals surface area (Å²) in [5, 5.41) is 17.6. The maximum absolute atomic E-state index is 11.4. The average molecular weight is 307 g/mol. The first-order valence-electron chi connectivity index (χ1n) is 4.90. The van der Waals surface area contributed by atoms with Crippen molar-refractivity contribution >= 4 is 41.1 Å². The summed E-state index contributed by atoms with van der Waals surface area (Å²) in [6.45, 7) is 0. The predicted octanol–water partition coefficient (Wildman–Crippen LogP) is 1.62. The van der Waals surface area contributed by atoms with E-state index in [1.165, 1.54) is 18.2 Å². The van der Waals surface area contributed by atoms with Crippen LogP contribution >= 0.6 is 23.2 Å². The van der Waals surface area contributed by atoms with Gasteiger partial charge >= 0.3 is 17.9 Å². The van der Waals surface area contributed by atoms with Gasteiger partial charge in [0.15, 0.2) is 0 Å². The molecule has 8 heteroatoms. The van der Waals surface area contributed by atoms with Gasteiger partial charge in [0.05, 0.1) is 16.5 Å². The number of hydrogen-bond donors (Lipinski definition) is 2. The van der Waals surface area contributed by atoms with Gasteiger partial charge in [-0.3, -0.25) is 4.79 Å². The van der Waals surface area contributed by atoms with E-state index in [4.69, 9.17) is 33.4 Å². The fourth-order valence-corrected chi connectivity index (χ4v) is 1.52. The number of aliphatic carboxylic acids is 2. The van der Waals surface area contributed by atoms with Gasteiger partial charge in [-0.1, -0.05) is 29.3 Å². The van der Waals surface area contributed by atoms with Crippen LogP contribution in [0.5, 0.6) is 0 Å². The summed E-state index contributed by atoms with van der Waals surface area (Å²) in [5.74, 6) is -4.50. The molecule has 1 rings (SSSR count). The number of benzene rings is 1. The first kappa shape index (κ1) is 15.3. The number of ether oxygens (including phenoxy) is 1. The van der Waals surface area contributed by atoms with Crippen molar-refractivity contribution in [2.45, 2.75) is 12.5 Å². The van der Waals surface area contributed by atoms with Crippen LogP contribution in [0.25, 0.3) is 0 Å². The predicted molar refractivity (Wildman–Crippen MR) is 65.3 cm³/mol. The van der Waals surface area contributed by atoms with Gasteiger partial charge in [-0.05, 0) is 17.7 Å². The van der Waals surface area contributed by atoms with Crippen LogP contribution in [0.1, 0.15) is 5.56 Å². The molecule has 0 aliphatic rings. The number of carbonyl (C=O) groups is 3. The van der Waals surface area contributed by atoms with E-state index in [9.17, 15) is 14.4 Å². The van der Waals surface area contributed by atoms with Crippen molar-refractivity contribution in [1.29, 1.82) is 0 Å². The minimum atomic E-state index is -2.23. The van der Waals surface area contributed by atoms with E-state index in [-0.39, 0.29) is 11.4 Å². The van der Waals surface area contributed by atoms with Crippen LogP contribution < -0.4 is 0 Å². The number of halogens is 2. The molecule has 0 amide bonds. The zero-order valence-corrected chi connectivity index (χ0v) is 10.8. The Morgan fingerprint density at radius 2 is 1.68 bits per heavy atom. The maximum Gasteiger partial charge on any atom is 0.356 e. The lowest BCUT2D eigenvalue weighted by Gasteiger charge is -2.09. The number of rotatable bonds is 5. The molecular formula is C11H8Cl2O6. The summed E-state index contributed by atoms with van der Waals surface area (Å²) >= 11 is 11.4. The van der Waals surface area contributed by atoms with Crippen molar-refractivity contribution < 1.29 is 29.3 Å². The van der Waals surface area contributed by atoms with E-state index in [0.29, 0.717) is 10.6 Å². The third-order valence-corrected chi connectivity index (χ3v) is 2.77. The van der Waals surface area contributed by atoms with E-state index in [0.717, 1.165) is 0 Å². The smallest absolute Gasteiger partial charge is 0.356 e. The van der Waals surface area contributed by atoms with Crippen LogP contribution in [0.4, 0.5) is 0 Å². The summed E-state index contributed by atoms with van der Waals surface area (Å²) in [7, 11) is 0. The van der Waals surface area contributed by atoms with Crippen molar-refractivity contribution in [2.24, 2.45) is 0 Å². The molecule has 0 atom stereocenters. The van der Waals surface area contributed by atoms with E-state index < -0.39 is 24.0 Å². The molecule has 1 aromatic carbocycles. The summed E-state index contributed by atoms with van der Waals surface area (Å²) < 4.78 is 4.33. The van der Waals surface area contributed by atoms with Crippen molar-refractivity contribution in [2.75, 3.05) is 0 Å². The number of carbonyl (C=O) groups excluding carboxylic acids is 1. The third kappa shape index (κ3) is 4.42. The Labute approximate surface area is 117 Å². The lowest BCUT2D eigenvalue weighted by atomic mass is 10.1. The Bertz CT molecular complexity index is 514. The number of carboxylic acid groups (broad SMARTS) is 2. The Kier molecular flexibility index (Phi) is 5.14. The van der Waals surface area contributed by atoms with Gasteiger partial charge in [-0.25, -0.2) is 9.59 Å². The average Bonchev–Trinajstić information content (AvgIpc) is 2.30. The SMILES string of the molecule is O=C(Cc1ccc(Cl)c(Cl)c1)OC(C(=O)O)C(=O)O. The minimum absolute atomic E-state index is 0.222. The van der Waals surface area contributed by atoms with Gasteiger partial charge < -0.3 is 14.9 Å². The van der Waals surface area contributed by atoms with Crippen LogP contribution in [0.3, 0.4) is 0 Å². The maximum atomic E-state index is 11.4. The second-order valence-corrected chi connectivity index (χ2v) is 4.29. The zero-order chi connectivity index (χ0) is 14.6. The van der Waals surface area contributed by atoms with Gasteiger partial charge in [-0.15, -0.1) is 0 Å². The lowest BCUT2D eigenvalue weighted by Crippen LogP contribution is -2.35. The van der Waals surface area contributed by atoms with Crippen LogP contribution in [0.2, 0.25) is 10.0 Å². The second kappa shape index (κ2) is 6.40. The molecule has 0 aliphatic heterocycles. The molecule has 0 saturated heterocycles. The molecule has 6 nitrogen and oxygen atoms in total. The molecule has 0 aliphatic carbocycles. The summed E-state index contributed by atoms with van der Waals surface area (Å²) in [6.07, 6.45) is -2.54. The quantitative estimate of drug-likeness (QED) is 0.633. The van der Waals surface area contributed by atoms with Crippen LogP contribution in [0.15, 0.2) is 18.2 Å². The minimum Gasteiger partial charge on any atom is -0.478 e. The third-order valence-electron chi connectivity index (χ3n) is 2.03. The highest BCUT2D eigenvalue weighted by Gasteiger charge is 2.30. The van der Waals surface area contributed by atoms with Gasteiger partial charge in [0, 0.05) is 0 Å².